The Labute approximate surface area is 163 Å². The van der Waals surface area contributed by atoms with E-state index >= 15 is 0 Å². The van der Waals surface area contributed by atoms with Crippen LogP contribution in [0.15, 0.2) is 11.6 Å². The van der Waals surface area contributed by atoms with E-state index in [9.17, 15) is 15.0 Å². The van der Waals surface area contributed by atoms with E-state index in [1.165, 1.54) is 24.8 Å². The van der Waals surface area contributed by atoms with Gasteiger partial charge in [-0.15, -0.1) is 0 Å². The van der Waals surface area contributed by atoms with Crippen LogP contribution in [0.2, 0.25) is 0 Å². The second kappa shape index (κ2) is 8.80. The highest BCUT2D eigenvalue weighted by Crippen LogP contribution is 2.60. The molecule has 0 aromatic carbocycles. The topological polar surface area (TPSA) is 77.8 Å². The fourth-order valence-electron chi connectivity index (χ4n) is 5.36. The van der Waals surface area contributed by atoms with E-state index in [4.69, 9.17) is 5.11 Å². The van der Waals surface area contributed by atoms with Crippen LogP contribution in [0.4, 0.5) is 0 Å². The summed E-state index contributed by atoms with van der Waals surface area (Å²) >= 11 is 0. The summed E-state index contributed by atoms with van der Waals surface area (Å²) < 4.78 is 0. The van der Waals surface area contributed by atoms with E-state index in [-0.39, 0.29) is 17.8 Å². The number of carbonyl (C=O) groups is 1. The van der Waals surface area contributed by atoms with Crippen LogP contribution in [-0.2, 0) is 4.79 Å². The summed E-state index contributed by atoms with van der Waals surface area (Å²) in [6.45, 7) is 2.27. The number of unbranched alkanes of at least 4 members (excludes halogenated alkanes) is 1. The van der Waals surface area contributed by atoms with Gasteiger partial charge in [0, 0.05) is 6.42 Å². The quantitative estimate of drug-likeness (QED) is 0.387. The zero-order valence-corrected chi connectivity index (χ0v) is 16.5. The van der Waals surface area contributed by atoms with Gasteiger partial charge in [-0.25, -0.2) is 0 Å². The maximum Gasteiger partial charge on any atom is 0.303 e. The minimum Gasteiger partial charge on any atom is -0.481 e. The predicted molar refractivity (Wildman–Crippen MR) is 105 cm³/mol. The maximum absolute atomic E-state index is 10.7. The summed E-state index contributed by atoms with van der Waals surface area (Å²) in [5.74, 6) is 6.21. The first kappa shape index (κ1) is 20.4. The molecule has 3 rings (SSSR count). The number of carboxylic acids is 1. The molecule has 150 valence electrons. The second-order valence-electron chi connectivity index (χ2n) is 9.01. The third-order valence-corrected chi connectivity index (χ3v) is 7.28. The summed E-state index contributed by atoms with van der Waals surface area (Å²) in [5, 5.41) is 29.7. The third-order valence-electron chi connectivity index (χ3n) is 7.28. The van der Waals surface area contributed by atoms with Gasteiger partial charge in [-0.05, 0) is 62.2 Å². The number of allylic oxidation sites excluding steroid dienone is 2. The first-order valence-corrected chi connectivity index (χ1v) is 10.7. The van der Waals surface area contributed by atoms with E-state index in [1.54, 1.807) is 0 Å². The Bertz CT molecular complexity index is 622. The molecular weight excluding hydrogens is 340 g/mol. The fraction of sp³-hybridized carbons (Fsp3) is 0.783. The summed E-state index contributed by atoms with van der Waals surface area (Å²) in [5.41, 5.74) is 1.49. The average Bonchev–Trinajstić information content (AvgIpc) is 2.65. The van der Waals surface area contributed by atoms with Gasteiger partial charge < -0.3 is 15.3 Å². The van der Waals surface area contributed by atoms with Crippen molar-refractivity contribution < 1.29 is 20.1 Å². The lowest BCUT2D eigenvalue weighted by atomic mass is 9.48. The van der Waals surface area contributed by atoms with Gasteiger partial charge in [0.2, 0.25) is 0 Å². The smallest absolute Gasteiger partial charge is 0.303 e. The van der Waals surface area contributed by atoms with Crippen molar-refractivity contribution in [2.75, 3.05) is 0 Å². The lowest BCUT2D eigenvalue weighted by molar-refractivity contribution is -0.137. The molecule has 0 amide bonds. The number of rotatable bonds is 5. The number of carboxylic acid groups (broad SMARTS) is 1. The van der Waals surface area contributed by atoms with Gasteiger partial charge in [-0.1, -0.05) is 49.7 Å². The minimum absolute atomic E-state index is 0.0573. The van der Waals surface area contributed by atoms with Gasteiger partial charge >= 0.3 is 5.97 Å². The molecule has 0 spiro atoms. The number of aliphatic hydroxyl groups excluding tert-OH is 2. The molecule has 1 unspecified atom stereocenters. The SMILES string of the molecule is C[C@@]12CC[C@H](O)[C@@H](C#CC(O)C3CCCCC3)[C@@H]1CC2=CCCCC(=O)O. The van der Waals surface area contributed by atoms with Crippen LogP contribution in [-0.4, -0.2) is 33.5 Å². The molecule has 0 saturated heterocycles. The molecule has 5 atom stereocenters. The molecule has 27 heavy (non-hydrogen) atoms. The highest BCUT2D eigenvalue weighted by Gasteiger charge is 2.54. The van der Waals surface area contributed by atoms with Crippen LogP contribution in [0.25, 0.3) is 0 Å². The highest BCUT2D eigenvalue weighted by molar-refractivity contribution is 5.66. The first-order chi connectivity index (χ1) is 12.9. The molecule has 0 radical (unpaired) electrons. The van der Waals surface area contributed by atoms with Gasteiger partial charge in [0.05, 0.1) is 12.0 Å². The van der Waals surface area contributed by atoms with Crippen molar-refractivity contribution in [2.24, 2.45) is 23.2 Å². The number of hydrogen-bond acceptors (Lipinski definition) is 3. The molecule has 4 heteroatoms. The number of aliphatic carboxylic acids is 1. The molecule has 0 aromatic rings. The van der Waals surface area contributed by atoms with Crippen LogP contribution in [0.5, 0.6) is 0 Å². The highest BCUT2D eigenvalue weighted by atomic mass is 16.4. The van der Waals surface area contributed by atoms with Crippen molar-refractivity contribution in [1.29, 1.82) is 0 Å². The molecule has 3 aliphatic rings. The minimum atomic E-state index is -0.737. The average molecular weight is 375 g/mol. The molecule has 4 nitrogen and oxygen atoms in total. The largest absolute Gasteiger partial charge is 0.481 e. The molecule has 0 aliphatic heterocycles. The predicted octanol–water partition coefficient (Wildman–Crippen LogP) is 3.91. The van der Waals surface area contributed by atoms with Crippen LogP contribution < -0.4 is 0 Å². The van der Waals surface area contributed by atoms with Crippen molar-refractivity contribution in [2.45, 2.75) is 89.8 Å². The van der Waals surface area contributed by atoms with E-state index in [1.807, 2.05) is 0 Å². The van der Waals surface area contributed by atoms with Gasteiger partial charge in [-0.2, -0.15) is 0 Å². The third kappa shape index (κ3) is 4.58. The molecule has 0 bridgehead atoms. The van der Waals surface area contributed by atoms with Gasteiger partial charge in [0.25, 0.3) is 0 Å². The summed E-state index contributed by atoms with van der Waals surface area (Å²) in [7, 11) is 0. The lowest BCUT2D eigenvalue weighted by Crippen LogP contribution is -2.51. The summed E-state index contributed by atoms with van der Waals surface area (Å²) in [6.07, 6.45) is 11.4. The summed E-state index contributed by atoms with van der Waals surface area (Å²) in [6, 6.07) is 0. The fourth-order valence-corrected chi connectivity index (χ4v) is 5.36. The summed E-state index contributed by atoms with van der Waals surface area (Å²) in [4.78, 5) is 10.7. The number of fused-ring (bicyclic) bond motifs is 1. The van der Waals surface area contributed by atoms with Crippen LogP contribution >= 0.6 is 0 Å². The monoisotopic (exact) mass is 374 g/mol. The molecular formula is C23H34O4. The zero-order valence-electron chi connectivity index (χ0n) is 16.5. The number of aliphatic hydroxyl groups is 2. The maximum atomic E-state index is 10.7. The van der Waals surface area contributed by atoms with E-state index in [0.29, 0.717) is 18.3 Å². The Balaban J connectivity index is 1.61. The van der Waals surface area contributed by atoms with Gasteiger partial charge in [-0.3, -0.25) is 4.79 Å². The van der Waals surface area contributed by atoms with E-state index in [2.05, 4.69) is 24.8 Å². The van der Waals surface area contributed by atoms with Crippen molar-refractivity contribution in [1.82, 2.24) is 0 Å². The van der Waals surface area contributed by atoms with Gasteiger partial charge in [0.1, 0.15) is 6.10 Å². The Morgan fingerprint density at radius 2 is 2.04 bits per heavy atom. The second-order valence-corrected chi connectivity index (χ2v) is 9.01. The van der Waals surface area contributed by atoms with E-state index in [0.717, 1.165) is 38.5 Å². The molecule has 3 fully saturated rings. The Morgan fingerprint density at radius 3 is 2.74 bits per heavy atom. The molecule has 3 saturated carbocycles. The van der Waals surface area contributed by atoms with Crippen molar-refractivity contribution in [3.8, 4) is 11.8 Å². The molecule has 0 aromatic heterocycles. The first-order valence-electron chi connectivity index (χ1n) is 10.7. The zero-order chi connectivity index (χ0) is 19.4. The van der Waals surface area contributed by atoms with Crippen LogP contribution in [0.3, 0.4) is 0 Å². The normalized spacial score (nSPS) is 36.3. The molecule has 3 N–H and O–H groups in total. The Kier molecular flexibility index (Phi) is 6.65. The van der Waals surface area contributed by atoms with Crippen molar-refractivity contribution >= 4 is 5.97 Å². The Morgan fingerprint density at radius 1 is 1.30 bits per heavy atom. The molecule has 0 heterocycles. The molecule has 3 aliphatic carbocycles. The van der Waals surface area contributed by atoms with E-state index < -0.39 is 18.2 Å². The Hall–Kier alpha value is -1.31. The lowest BCUT2D eigenvalue weighted by Gasteiger charge is -2.57. The van der Waals surface area contributed by atoms with Crippen LogP contribution in [0.1, 0.15) is 77.6 Å². The van der Waals surface area contributed by atoms with Gasteiger partial charge in [0.15, 0.2) is 0 Å². The van der Waals surface area contributed by atoms with Crippen molar-refractivity contribution in [3.63, 3.8) is 0 Å². The number of hydrogen-bond donors (Lipinski definition) is 3. The van der Waals surface area contributed by atoms with Crippen molar-refractivity contribution in [3.05, 3.63) is 11.6 Å². The standard InChI is InChI=1S/C23H34O4/c1-23-14-13-21(25)18(11-12-20(24)16-7-3-2-4-8-16)19(23)15-17(23)9-5-6-10-22(26)27/h9,16,18-21,24-25H,2-8,10,13-15H2,1H3,(H,26,27)/t18-,19-,20?,21-,23-/m0/s1. The van der Waals surface area contributed by atoms with Crippen LogP contribution in [0, 0.1) is 35.0 Å².